The molecule has 0 aromatic heterocycles. The van der Waals surface area contributed by atoms with Crippen LogP contribution in [0.1, 0.15) is 22.3 Å². The van der Waals surface area contributed by atoms with Gasteiger partial charge < -0.3 is 9.47 Å². The topological polar surface area (TPSA) is 42.2 Å². The number of halogens is 2. The van der Waals surface area contributed by atoms with Crippen LogP contribution in [0.15, 0.2) is 65.1 Å². The summed E-state index contributed by atoms with van der Waals surface area (Å²) in [5, 5.41) is 10.0. The Labute approximate surface area is 184 Å². The third-order valence-corrected chi connectivity index (χ3v) is 5.15. The van der Waals surface area contributed by atoms with Crippen molar-refractivity contribution in [1.29, 1.82) is 5.26 Å². The number of benzene rings is 3. The molecular weight excluding hydrogens is 450 g/mol. The number of hydrogen-bond acceptors (Lipinski definition) is 3. The van der Waals surface area contributed by atoms with Gasteiger partial charge in [0.1, 0.15) is 6.61 Å². The lowest BCUT2D eigenvalue weighted by Gasteiger charge is -2.14. The highest BCUT2D eigenvalue weighted by atomic mass is 79.9. The van der Waals surface area contributed by atoms with Gasteiger partial charge in [-0.25, -0.2) is 0 Å². The molecule has 3 rings (SSSR count). The van der Waals surface area contributed by atoms with Gasteiger partial charge in [0, 0.05) is 4.47 Å². The first-order valence-electron chi connectivity index (χ1n) is 8.94. The molecule has 0 atom stereocenters. The van der Waals surface area contributed by atoms with Crippen LogP contribution in [0, 0.1) is 18.3 Å². The van der Waals surface area contributed by atoms with Crippen molar-refractivity contribution in [2.45, 2.75) is 13.5 Å². The van der Waals surface area contributed by atoms with Crippen molar-refractivity contribution in [3.63, 3.8) is 0 Å². The molecule has 29 heavy (non-hydrogen) atoms. The molecule has 3 aromatic carbocycles. The normalized spacial score (nSPS) is 11.1. The van der Waals surface area contributed by atoms with Crippen LogP contribution >= 0.6 is 27.5 Å². The van der Waals surface area contributed by atoms with Crippen LogP contribution in [-0.2, 0) is 6.61 Å². The van der Waals surface area contributed by atoms with E-state index in [-0.39, 0.29) is 0 Å². The van der Waals surface area contributed by atoms with Gasteiger partial charge in [-0.1, -0.05) is 69.5 Å². The van der Waals surface area contributed by atoms with Crippen LogP contribution in [0.2, 0.25) is 5.02 Å². The molecule has 0 unspecified atom stereocenters. The van der Waals surface area contributed by atoms with Gasteiger partial charge in [0.05, 0.1) is 23.8 Å². The molecule has 0 N–H and O–H groups in total. The Morgan fingerprint density at radius 2 is 1.79 bits per heavy atom. The van der Waals surface area contributed by atoms with Gasteiger partial charge >= 0.3 is 0 Å². The van der Waals surface area contributed by atoms with Crippen LogP contribution in [0.3, 0.4) is 0 Å². The zero-order valence-electron chi connectivity index (χ0n) is 16.1. The van der Waals surface area contributed by atoms with Crippen molar-refractivity contribution < 1.29 is 9.47 Å². The maximum absolute atomic E-state index is 9.58. The first-order valence-corrected chi connectivity index (χ1v) is 10.1. The second-order valence-electron chi connectivity index (χ2n) is 6.49. The SMILES string of the molecule is COc1cc(/C=C(\C#N)c2ccc(C)cc2)cc(Cl)c1OCc1ccc(Br)cc1. The maximum Gasteiger partial charge on any atom is 0.180 e. The molecule has 0 spiro atoms. The summed E-state index contributed by atoms with van der Waals surface area (Å²) in [5.41, 5.74) is 4.32. The Morgan fingerprint density at radius 3 is 2.41 bits per heavy atom. The van der Waals surface area contributed by atoms with Crippen LogP contribution in [-0.4, -0.2) is 7.11 Å². The zero-order valence-corrected chi connectivity index (χ0v) is 18.4. The van der Waals surface area contributed by atoms with Crippen molar-refractivity contribution in [3.8, 4) is 17.6 Å². The third kappa shape index (κ3) is 5.41. The van der Waals surface area contributed by atoms with Gasteiger partial charge in [-0.15, -0.1) is 0 Å². The molecule has 0 amide bonds. The molecule has 5 heteroatoms. The van der Waals surface area contributed by atoms with Crippen molar-refractivity contribution in [2.75, 3.05) is 7.11 Å². The van der Waals surface area contributed by atoms with Gasteiger partial charge in [0.15, 0.2) is 11.5 Å². The van der Waals surface area contributed by atoms with E-state index in [2.05, 4.69) is 22.0 Å². The number of hydrogen-bond donors (Lipinski definition) is 0. The van der Waals surface area contributed by atoms with Crippen LogP contribution in [0.4, 0.5) is 0 Å². The first kappa shape index (κ1) is 21.0. The highest BCUT2D eigenvalue weighted by Gasteiger charge is 2.13. The largest absolute Gasteiger partial charge is 0.493 e. The van der Waals surface area contributed by atoms with Crippen LogP contribution in [0.25, 0.3) is 11.6 Å². The number of allylic oxidation sites excluding steroid dienone is 1. The van der Waals surface area contributed by atoms with Gasteiger partial charge in [0.25, 0.3) is 0 Å². The molecule has 0 aliphatic carbocycles. The van der Waals surface area contributed by atoms with E-state index >= 15 is 0 Å². The van der Waals surface area contributed by atoms with E-state index in [9.17, 15) is 5.26 Å². The van der Waals surface area contributed by atoms with E-state index in [0.29, 0.717) is 28.7 Å². The van der Waals surface area contributed by atoms with Gasteiger partial charge in [-0.3, -0.25) is 0 Å². The minimum Gasteiger partial charge on any atom is -0.493 e. The average Bonchev–Trinajstić information content (AvgIpc) is 2.72. The molecule has 146 valence electrons. The smallest absolute Gasteiger partial charge is 0.180 e. The average molecular weight is 469 g/mol. The van der Waals surface area contributed by atoms with E-state index < -0.39 is 0 Å². The molecule has 0 radical (unpaired) electrons. The fourth-order valence-electron chi connectivity index (χ4n) is 2.78. The Kier molecular flexibility index (Phi) is 6.98. The minimum absolute atomic E-state index is 0.366. The van der Waals surface area contributed by atoms with Crippen LogP contribution in [0.5, 0.6) is 11.5 Å². The molecule has 3 aromatic rings. The predicted molar refractivity (Wildman–Crippen MR) is 121 cm³/mol. The highest BCUT2D eigenvalue weighted by Crippen LogP contribution is 2.38. The summed E-state index contributed by atoms with van der Waals surface area (Å²) in [6, 6.07) is 21.5. The number of rotatable bonds is 6. The van der Waals surface area contributed by atoms with E-state index in [0.717, 1.165) is 26.7 Å². The number of nitrogens with zero attached hydrogens (tertiary/aromatic N) is 1. The van der Waals surface area contributed by atoms with Gasteiger partial charge in [-0.05, 0) is 54.0 Å². The van der Waals surface area contributed by atoms with Crippen LogP contribution < -0.4 is 9.47 Å². The van der Waals surface area contributed by atoms with E-state index in [1.807, 2.05) is 61.5 Å². The van der Waals surface area contributed by atoms with Gasteiger partial charge in [0.2, 0.25) is 0 Å². The number of ether oxygens (including phenoxy) is 2. The minimum atomic E-state index is 0.366. The second-order valence-corrected chi connectivity index (χ2v) is 7.81. The fraction of sp³-hybridized carbons (Fsp3) is 0.125. The van der Waals surface area contributed by atoms with Gasteiger partial charge in [-0.2, -0.15) is 5.26 Å². The Bertz CT molecular complexity index is 1070. The molecule has 0 saturated carbocycles. The second kappa shape index (κ2) is 9.65. The molecule has 0 aliphatic rings. The number of methoxy groups -OCH3 is 1. The summed E-state index contributed by atoms with van der Waals surface area (Å²) < 4.78 is 12.4. The lowest BCUT2D eigenvalue weighted by Crippen LogP contribution is -1.99. The first-order chi connectivity index (χ1) is 14.0. The Hall–Kier alpha value is -2.74. The molecule has 0 bridgehead atoms. The third-order valence-electron chi connectivity index (χ3n) is 4.34. The standard InChI is InChI=1S/C24H19BrClNO2/c1-16-3-7-19(8-4-16)20(14-27)11-18-12-22(26)24(23(13-18)28-2)29-15-17-5-9-21(25)10-6-17/h3-13H,15H2,1-2H3/b20-11+. The van der Waals surface area contributed by atoms with Crippen molar-refractivity contribution in [2.24, 2.45) is 0 Å². The van der Waals surface area contributed by atoms with Crippen molar-refractivity contribution >= 4 is 39.2 Å². The predicted octanol–water partition coefficient (Wildman–Crippen LogP) is 7.06. The summed E-state index contributed by atoms with van der Waals surface area (Å²) >= 11 is 9.89. The molecule has 0 fully saturated rings. The van der Waals surface area contributed by atoms with E-state index in [1.165, 1.54) is 0 Å². The number of aryl methyl sites for hydroxylation is 1. The molecule has 0 aliphatic heterocycles. The fourth-order valence-corrected chi connectivity index (χ4v) is 3.32. The molecule has 0 saturated heterocycles. The lowest BCUT2D eigenvalue weighted by atomic mass is 10.0. The van der Waals surface area contributed by atoms with Crippen molar-refractivity contribution in [1.82, 2.24) is 0 Å². The van der Waals surface area contributed by atoms with Crippen molar-refractivity contribution in [3.05, 3.63) is 92.4 Å². The highest BCUT2D eigenvalue weighted by molar-refractivity contribution is 9.10. The molecular formula is C24H19BrClNO2. The number of nitriles is 1. The lowest BCUT2D eigenvalue weighted by molar-refractivity contribution is 0.284. The van der Waals surface area contributed by atoms with E-state index in [4.69, 9.17) is 21.1 Å². The summed E-state index contributed by atoms with van der Waals surface area (Å²) in [6.45, 7) is 2.38. The van der Waals surface area contributed by atoms with E-state index in [1.54, 1.807) is 19.3 Å². The summed E-state index contributed by atoms with van der Waals surface area (Å²) in [7, 11) is 1.57. The maximum atomic E-state index is 9.58. The Morgan fingerprint density at radius 1 is 1.10 bits per heavy atom. The summed E-state index contributed by atoms with van der Waals surface area (Å²) in [6.07, 6.45) is 1.79. The molecule has 0 heterocycles. The Balaban J connectivity index is 1.88. The monoisotopic (exact) mass is 467 g/mol. The quantitative estimate of drug-likeness (QED) is 0.287. The summed E-state index contributed by atoms with van der Waals surface area (Å²) in [5.74, 6) is 0.991. The zero-order chi connectivity index (χ0) is 20.8. The molecule has 3 nitrogen and oxygen atoms in total. The summed E-state index contributed by atoms with van der Waals surface area (Å²) in [4.78, 5) is 0.